The molecule has 2 N–H and O–H groups in total. The Morgan fingerprint density at radius 2 is 0.875 bits per heavy atom. The van der Waals surface area contributed by atoms with Gasteiger partial charge in [-0.25, -0.2) is 0 Å². The summed E-state index contributed by atoms with van der Waals surface area (Å²) in [6.45, 7) is 0. The molecule has 0 aromatic heterocycles. The molecule has 16 heteroatoms. The molecule has 0 radical (unpaired) electrons. The van der Waals surface area contributed by atoms with Gasteiger partial charge >= 0.3 is 79.9 Å². The van der Waals surface area contributed by atoms with E-state index in [0.29, 0.717) is 0 Å². The molecule has 0 unspecified atom stereocenters. The van der Waals surface area contributed by atoms with Gasteiger partial charge in [0.2, 0.25) is 0 Å². The molecule has 11 nitrogen and oxygen atoms in total. The number of rotatable bonds is 2. The Kier molecular flexibility index (Phi) is 15.7. The van der Waals surface area contributed by atoms with Crippen LogP contribution in [0.5, 0.6) is 0 Å². The van der Waals surface area contributed by atoms with Gasteiger partial charge in [-0.3, -0.25) is 17.5 Å². The van der Waals surface area contributed by atoms with Crippen LogP contribution >= 0.6 is 0 Å². The minimum atomic E-state index is -5.17. The molecule has 0 heterocycles. The van der Waals surface area contributed by atoms with Gasteiger partial charge in [0.25, 0.3) is 0 Å². The van der Waals surface area contributed by atoms with Crippen molar-refractivity contribution in [2.45, 2.75) is 0 Å². The normalized spacial score (nSPS) is 11.2. The molecule has 0 saturated carbocycles. The van der Waals surface area contributed by atoms with Gasteiger partial charge in [-0.05, 0) is 0 Å². The van der Waals surface area contributed by atoms with Crippen molar-refractivity contribution in [1.82, 2.24) is 0 Å². The van der Waals surface area contributed by atoms with Crippen molar-refractivity contribution in [3.63, 3.8) is 0 Å². The van der Waals surface area contributed by atoms with Gasteiger partial charge in [0.1, 0.15) is 0 Å². The Hall–Kier alpha value is 1.65. The van der Waals surface area contributed by atoms with Crippen LogP contribution in [0.1, 0.15) is 0 Å². The smallest absolute Gasteiger partial charge is 0.759 e. The van der Waals surface area contributed by atoms with Gasteiger partial charge in [0, 0.05) is 10.4 Å². The SMILES string of the molecule is O=S(=O)(O)OS(=O)(=O)O.O=S(=O)([O-])[O-].[Na+].[Na+]. The molecule has 0 aliphatic rings. The maximum Gasteiger partial charge on any atom is 1.00 e. The van der Waals surface area contributed by atoms with Crippen LogP contribution in [0, 0.1) is 0 Å². The third-order valence-electron chi connectivity index (χ3n) is 0.172. The fourth-order valence-corrected chi connectivity index (χ4v) is 0.978. The molecule has 16 heavy (non-hydrogen) atoms. The van der Waals surface area contributed by atoms with Crippen molar-refractivity contribution in [1.29, 1.82) is 0 Å². The van der Waals surface area contributed by atoms with Crippen molar-refractivity contribution < 1.29 is 106 Å². The van der Waals surface area contributed by atoms with E-state index in [0.717, 1.165) is 0 Å². The van der Waals surface area contributed by atoms with E-state index in [-0.39, 0.29) is 59.1 Å². The van der Waals surface area contributed by atoms with E-state index < -0.39 is 31.2 Å². The van der Waals surface area contributed by atoms with E-state index in [9.17, 15) is 16.8 Å². The van der Waals surface area contributed by atoms with E-state index in [2.05, 4.69) is 3.63 Å². The van der Waals surface area contributed by atoms with E-state index in [4.69, 9.17) is 26.6 Å². The van der Waals surface area contributed by atoms with Crippen LogP contribution in [0.25, 0.3) is 0 Å². The topological polar surface area (TPSA) is 198 Å². The quantitative estimate of drug-likeness (QED) is 0.278. The molecule has 0 fully saturated rings. The van der Waals surface area contributed by atoms with Crippen LogP contribution in [0.3, 0.4) is 0 Å². The average molecular weight is 320 g/mol. The second-order valence-corrected chi connectivity index (χ2v) is 4.40. The monoisotopic (exact) mass is 320 g/mol. The number of hydrogen-bond acceptors (Lipinski definition) is 9. The Morgan fingerprint density at radius 1 is 0.750 bits per heavy atom. The van der Waals surface area contributed by atoms with E-state index in [1.54, 1.807) is 0 Å². The van der Waals surface area contributed by atoms with Crippen molar-refractivity contribution in [2.24, 2.45) is 0 Å². The maximum absolute atomic E-state index is 9.44. The van der Waals surface area contributed by atoms with Gasteiger partial charge in [-0.2, -0.15) is 16.8 Å². The molecule has 0 bridgehead atoms. The second-order valence-electron chi connectivity index (χ2n) is 1.33. The molecule has 0 saturated heterocycles. The third-order valence-corrected chi connectivity index (χ3v) is 1.55. The first kappa shape index (κ1) is 26.3. The zero-order valence-electron chi connectivity index (χ0n) is 7.79. The Bertz CT molecular complexity index is 411. The van der Waals surface area contributed by atoms with Crippen molar-refractivity contribution in [3.05, 3.63) is 0 Å². The van der Waals surface area contributed by atoms with Crippen LogP contribution in [-0.4, -0.2) is 43.5 Å². The average Bonchev–Trinajstić information content (AvgIpc) is 1.42. The summed E-state index contributed by atoms with van der Waals surface area (Å²) in [5, 5.41) is 0. The first-order chi connectivity index (χ1) is 5.71. The van der Waals surface area contributed by atoms with Crippen LogP contribution in [0.15, 0.2) is 0 Å². The van der Waals surface area contributed by atoms with E-state index in [1.807, 2.05) is 0 Å². The maximum atomic E-state index is 9.44. The summed E-state index contributed by atoms with van der Waals surface area (Å²) in [5.41, 5.74) is 0. The molecule has 0 spiro atoms. The Balaban J connectivity index is -0.0000000904. The molecule has 0 rings (SSSR count). The Labute approximate surface area is 136 Å². The molecular formula is H2Na2O11S3. The summed E-state index contributed by atoms with van der Waals surface area (Å²) in [6.07, 6.45) is 0. The van der Waals surface area contributed by atoms with Gasteiger partial charge in [0.05, 0.1) is 0 Å². The minimum absolute atomic E-state index is 0. The van der Waals surface area contributed by atoms with Gasteiger partial charge in [-0.1, -0.05) is 0 Å². The summed E-state index contributed by atoms with van der Waals surface area (Å²) in [6, 6.07) is 0. The second kappa shape index (κ2) is 9.56. The minimum Gasteiger partial charge on any atom is -0.759 e. The van der Waals surface area contributed by atoms with Crippen molar-refractivity contribution in [3.8, 4) is 0 Å². The summed E-state index contributed by atoms with van der Waals surface area (Å²) in [7, 11) is -15.4. The standard InChI is InChI=1S/2Na.H2O7S2.H2O4S/c;;1-8(2,3)7-9(4,5)6;1-5(2,3)4/h;;(H,1,2,3)(H,4,5,6);(H2,1,2,3,4)/q2*+1;;/p-2. The molecule has 0 aliphatic heterocycles. The molecule has 88 valence electrons. The third kappa shape index (κ3) is 57.4. The van der Waals surface area contributed by atoms with Crippen molar-refractivity contribution >= 4 is 31.2 Å². The van der Waals surface area contributed by atoms with E-state index in [1.165, 1.54) is 0 Å². The molecule has 0 amide bonds. The molecular weight excluding hydrogens is 318 g/mol. The van der Waals surface area contributed by atoms with Crippen LogP contribution < -0.4 is 59.1 Å². The first-order valence-electron chi connectivity index (χ1n) is 2.03. The van der Waals surface area contributed by atoms with E-state index >= 15 is 0 Å². The summed E-state index contributed by atoms with van der Waals surface area (Å²) < 4.78 is 89.7. The molecule has 0 aromatic rings. The largest absolute Gasteiger partial charge is 1.00 e. The summed E-state index contributed by atoms with van der Waals surface area (Å²) >= 11 is 0. The predicted molar refractivity (Wildman–Crippen MR) is 34.7 cm³/mol. The van der Waals surface area contributed by atoms with Gasteiger partial charge in [0.15, 0.2) is 0 Å². The molecule has 0 atom stereocenters. The van der Waals surface area contributed by atoms with Crippen molar-refractivity contribution in [2.75, 3.05) is 0 Å². The van der Waals surface area contributed by atoms with Crippen LogP contribution in [-0.2, 0) is 34.8 Å². The van der Waals surface area contributed by atoms with Gasteiger partial charge in [-0.15, -0.1) is 3.63 Å². The molecule has 0 aliphatic carbocycles. The van der Waals surface area contributed by atoms with Gasteiger partial charge < -0.3 is 9.11 Å². The fraction of sp³-hybridized carbons (Fsp3) is 0. The zero-order valence-corrected chi connectivity index (χ0v) is 14.2. The summed E-state index contributed by atoms with van der Waals surface area (Å²) in [4.78, 5) is 0. The zero-order chi connectivity index (χ0) is 12.2. The Morgan fingerprint density at radius 3 is 0.875 bits per heavy atom. The van der Waals surface area contributed by atoms with Crippen LogP contribution in [0.4, 0.5) is 0 Å². The van der Waals surface area contributed by atoms with Crippen LogP contribution in [0.2, 0.25) is 0 Å². The fourth-order valence-electron chi connectivity index (χ4n) is 0.109. The predicted octanol–water partition coefficient (Wildman–Crippen LogP) is -8.72. The number of hydrogen-bond donors (Lipinski definition) is 2. The first-order valence-corrected chi connectivity index (χ1v) is 6.10. The molecule has 0 aromatic carbocycles. The summed E-state index contributed by atoms with van der Waals surface area (Å²) in [5.74, 6) is 0.